The van der Waals surface area contributed by atoms with Crippen molar-refractivity contribution in [2.24, 2.45) is 0 Å². The summed E-state index contributed by atoms with van der Waals surface area (Å²) >= 11 is 3.35. The molecular formula is C17H21BrN2O3. The van der Waals surface area contributed by atoms with Crippen LogP contribution in [0.4, 0.5) is 4.79 Å². The highest BCUT2D eigenvalue weighted by atomic mass is 79.9. The average Bonchev–Trinajstić information content (AvgIpc) is 2.44. The zero-order chi connectivity index (χ0) is 16.6. The van der Waals surface area contributed by atoms with Gasteiger partial charge >= 0.3 is 6.09 Å². The number of carbonyl (C=O) groups is 1. The normalized spacial score (nSPS) is 24.2. The highest BCUT2D eigenvalue weighted by Crippen LogP contribution is 2.33. The molecule has 2 atom stereocenters. The van der Waals surface area contributed by atoms with Crippen LogP contribution in [0.1, 0.15) is 32.8 Å². The number of rotatable bonds is 1. The van der Waals surface area contributed by atoms with Gasteiger partial charge in [-0.05, 0) is 60.3 Å². The van der Waals surface area contributed by atoms with Crippen molar-refractivity contribution >= 4 is 27.6 Å². The lowest BCUT2D eigenvalue weighted by Gasteiger charge is -2.44. The van der Waals surface area contributed by atoms with E-state index >= 15 is 0 Å². The Kier molecular flexibility index (Phi) is 4.47. The first kappa shape index (κ1) is 16.5. The van der Waals surface area contributed by atoms with Crippen LogP contribution in [0.5, 0.6) is 0 Å². The van der Waals surface area contributed by atoms with Gasteiger partial charge in [0.2, 0.25) is 0 Å². The molecule has 124 valence electrons. The van der Waals surface area contributed by atoms with Crippen LogP contribution in [-0.2, 0) is 9.47 Å². The third kappa shape index (κ3) is 3.75. The molecule has 3 heterocycles. The van der Waals surface area contributed by atoms with E-state index in [9.17, 15) is 4.79 Å². The fraction of sp³-hybridized carbons (Fsp3) is 0.529. The van der Waals surface area contributed by atoms with E-state index in [1.165, 1.54) is 5.57 Å². The summed E-state index contributed by atoms with van der Waals surface area (Å²) in [4.78, 5) is 18.6. The molecule has 1 amide bonds. The van der Waals surface area contributed by atoms with Crippen LogP contribution < -0.4 is 0 Å². The van der Waals surface area contributed by atoms with Crippen LogP contribution >= 0.6 is 15.9 Å². The quantitative estimate of drug-likeness (QED) is 0.697. The van der Waals surface area contributed by atoms with E-state index in [2.05, 4.69) is 27.0 Å². The lowest BCUT2D eigenvalue weighted by molar-refractivity contribution is -0.0510. The van der Waals surface area contributed by atoms with Gasteiger partial charge in [-0.2, -0.15) is 0 Å². The molecule has 3 rings (SSSR count). The van der Waals surface area contributed by atoms with Gasteiger partial charge in [0.15, 0.2) is 0 Å². The Hall–Kier alpha value is -1.40. The highest BCUT2D eigenvalue weighted by Gasteiger charge is 2.40. The number of fused-ring (bicyclic) bond motifs is 2. The Morgan fingerprint density at radius 2 is 2.17 bits per heavy atom. The second-order valence-electron chi connectivity index (χ2n) is 6.91. The highest BCUT2D eigenvalue weighted by molar-refractivity contribution is 9.10. The summed E-state index contributed by atoms with van der Waals surface area (Å²) < 4.78 is 12.0. The Balaban J connectivity index is 1.84. The maximum Gasteiger partial charge on any atom is 0.411 e. The summed E-state index contributed by atoms with van der Waals surface area (Å²) in [5, 5.41) is 0. The molecule has 0 aromatic carbocycles. The second-order valence-corrected chi connectivity index (χ2v) is 7.72. The summed E-state index contributed by atoms with van der Waals surface area (Å²) in [7, 11) is 0. The van der Waals surface area contributed by atoms with Crippen molar-refractivity contribution in [3.05, 3.63) is 34.6 Å². The van der Waals surface area contributed by atoms with Crippen LogP contribution in [-0.4, -0.2) is 46.9 Å². The van der Waals surface area contributed by atoms with E-state index in [4.69, 9.17) is 9.47 Å². The first-order valence-electron chi connectivity index (χ1n) is 7.75. The summed E-state index contributed by atoms with van der Waals surface area (Å²) in [5.41, 5.74) is 1.81. The molecule has 2 bridgehead atoms. The molecule has 23 heavy (non-hydrogen) atoms. The SMILES string of the molecule is CC(C)(C)OC(=O)N1C2C=C(c3ccc(Br)nc3)CC1COC2. The number of ether oxygens (including phenoxy) is 2. The van der Waals surface area contributed by atoms with Crippen molar-refractivity contribution in [1.82, 2.24) is 9.88 Å². The molecule has 5 nitrogen and oxygen atoms in total. The lowest BCUT2D eigenvalue weighted by Crippen LogP contribution is -2.57. The van der Waals surface area contributed by atoms with Gasteiger partial charge in [0.25, 0.3) is 0 Å². The van der Waals surface area contributed by atoms with Gasteiger partial charge in [-0.15, -0.1) is 0 Å². The maximum absolute atomic E-state index is 12.5. The predicted octanol–water partition coefficient (Wildman–Crippen LogP) is 3.64. The van der Waals surface area contributed by atoms with Crippen molar-refractivity contribution in [2.45, 2.75) is 44.9 Å². The third-order valence-corrected chi connectivity index (χ3v) is 4.37. The van der Waals surface area contributed by atoms with Crippen LogP contribution in [0.15, 0.2) is 29.0 Å². The Bertz CT molecular complexity index is 622. The number of amides is 1. The maximum atomic E-state index is 12.5. The summed E-state index contributed by atoms with van der Waals surface area (Å²) in [6.45, 7) is 6.70. The summed E-state index contributed by atoms with van der Waals surface area (Å²) in [5.74, 6) is 0. The van der Waals surface area contributed by atoms with E-state index in [1.807, 2.05) is 44.0 Å². The molecule has 0 N–H and O–H groups in total. The van der Waals surface area contributed by atoms with Crippen LogP contribution in [0.3, 0.4) is 0 Å². The number of halogens is 1. The minimum absolute atomic E-state index is 0.00671. The molecule has 0 spiro atoms. The molecule has 0 saturated carbocycles. The number of aromatic nitrogens is 1. The van der Waals surface area contributed by atoms with Crippen molar-refractivity contribution < 1.29 is 14.3 Å². The Morgan fingerprint density at radius 3 is 2.78 bits per heavy atom. The van der Waals surface area contributed by atoms with Crippen LogP contribution in [0.25, 0.3) is 5.57 Å². The topological polar surface area (TPSA) is 51.7 Å². The number of hydrogen-bond acceptors (Lipinski definition) is 4. The Labute approximate surface area is 144 Å². The van der Waals surface area contributed by atoms with Gasteiger partial charge in [0.1, 0.15) is 10.2 Å². The predicted molar refractivity (Wildman–Crippen MR) is 91.0 cm³/mol. The molecule has 1 aromatic rings. The van der Waals surface area contributed by atoms with E-state index in [1.54, 1.807) is 0 Å². The van der Waals surface area contributed by atoms with Crippen molar-refractivity contribution in [1.29, 1.82) is 0 Å². The van der Waals surface area contributed by atoms with Gasteiger partial charge < -0.3 is 9.47 Å². The van der Waals surface area contributed by atoms with Gasteiger partial charge in [-0.1, -0.05) is 12.1 Å². The molecule has 0 radical (unpaired) electrons. The zero-order valence-corrected chi connectivity index (χ0v) is 15.2. The molecule has 2 aliphatic rings. The smallest absolute Gasteiger partial charge is 0.411 e. The fourth-order valence-electron chi connectivity index (χ4n) is 2.97. The molecule has 1 fully saturated rings. The van der Waals surface area contributed by atoms with Crippen molar-refractivity contribution in [2.75, 3.05) is 13.2 Å². The van der Waals surface area contributed by atoms with E-state index in [0.717, 1.165) is 16.6 Å². The minimum Gasteiger partial charge on any atom is -0.444 e. The van der Waals surface area contributed by atoms with E-state index in [0.29, 0.717) is 13.2 Å². The lowest BCUT2D eigenvalue weighted by atomic mass is 9.91. The summed E-state index contributed by atoms with van der Waals surface area (Å²) in [6.07, 6.45) is 4.44. The molecule has 1 saturated heterocycles. The average molecular weight is 381 g/mol. The second kappa shape index (κ2) is 6.24. The monoisotopic (exact) mass is 380 g/mol. The fourth-order valence-corrected chi connectivity index (χ4v) is 3.21. The van der Waals surface area contributed by atoms with Gasteiger partial charge in [0.05, 0.1) is 25.3 Å². The molecular weight excluding hydrogens is 360 g/mol. The van der Waals surface area contributed by atoms with Gasteiger partial charge in [-0.3, -0.25) is 4.90 Å². The molecule has 0 aliphatic carbocycles. The van der Waals surface area contributed by atoms with Gasteiger partial charge in [-0.25, -0.2) is 9.78 Å². The first-order chi connectivity index (χ1) is 10.8. The minimum atomic E-state index is -0.494. The Morgan fingerprint density at radius 1 is 1.39 bits per heavy atom. The molecule has 2 aliphatic heterocycles. The molecule has 6 heteroatoms. The first-order valence-corrected chi connectivity index (χ1v) is 8.54. The number of hydrogen-bond donors (Lipinski definition) is 0. The number of pyridine rings is 1. The largest absolute Gasteiger partial charge is 0.444 e. The summed E-state index contributed by atoms with van der Waals surface area (Å²) in [6, 6.07) is 3.90. The molecule has 1 aromatic heterocycles. The standard InChI is InChI=1S/C17H21BrN2O3/c1-17(2,3)23-16(21)20-13-6-12(7-14(20)10-22-9-13)11-4-5-15(18)19-8-11/h4-6,8,13-14H,7,9-10H2,1-3H3. The van der Waals surface area contributed by atoms with E-state index < -0.39 is 5.60 Å². The van der Waals surface area contributed by atoms with Crippen LogP contribution in [0, 0.1) is 0 Å². The molecule has 2 unspecified atom stereocenters. The van der Waals surface area contributed by atoms with Gasteiger partial charge in [0, 0.05) is 6.20 Å². The van der Waals surface area contributed by atoms with Crippen LogP contribution in [0.2, 0.25) is 0 Å². The van der Waals surface area contributed by atoms with Crippen molar-refractivity contribution in [3.63, 3.8) is 0 Å². The third-order valence-electron chi connectivity index (χ3n) is 3.90. The zero-order valence-electron chi connectivity index (χ0n) is 13.6. The number of nitrogens with zero attached hydrogens (tertiary/aromatic N) is 2. The van der Waals surface area contributed by atoms with E-state index in [-0.39, 0.29) is 18.2 Å². The van der Waals surface area contributed by atoms with Crippen molar-refractivity contribution in [3.8, 4) is 0 Å². The number of carbonyl (C=O) groups excluding carboxylic acids is 1. The number of morpholine rings is 1.